The second kappa shape index (κ2) is 5.57. The molecule has 6 heteroatoms. The fraction of sp³-hybridized carbons (Fsp3) is 0.125. The van der Waals surface area contributed by atoms with Gasteiger partial charge in [0.15, 0.2) is 0 Å². The number of hydrogen-bond donors (Lipinski definition) is 2. The maximum Gasteiger partial charge on any atom is 0.416 e. The molecule has 1 aromatic carbocycles. The normalized spacial score (nSPS) is 12.0. The van der Waals surface area contributed by atoms with Crippen LogP contribution < -0.4 is 0 Å². The molecule has 0 bridgehead atoms. The fourth-order valence-electron chi connectivity index (χ4n) is 2.60. The third kappa shape index (κ3) is 2.64. The molecule has 0 fully saturated rings. The Morgan fingerprint density at radius 3 is 1.91 bits per heavy atom. The van der Waals surface area contributed by atoms with Crippen LogP contribution in [0.4, 0.5) is 13.2 Å². The van der Waals surface area contributed by atoms with Crippen LogP contribution in [0.3, 0.4) is 0 Å². The molecular formula is C16H12ClF3N2. The number of aromatic amines is 2. The zero-order valence-corrected chi connectivity index (χ0v) is 12.0. The van der Waals surface area contributed by atoms with Gasteiger partial charge in [0.05, 0.1) is 11.5 Å². The van der Waals surface area contributed by atoms with Crippen LogP contribution in [-0.2, 0) is 6.18 Å². The summed E-state index contributed by atoms with van der Waals surface area (Å²) in [7, 11) is 0. The van der Waals surface area contributed by atoms with Crippen LogP contribution in [0.2, 0.25) is 5.02 Å². The van der Waals surface area contributed by atoms with Gasteiger partial charge in [-0.3, -0.25) is 0 Å². The van der Waals surface area contributed by atoms with E-state index in [9.17, 15) is 13.2 Å². The molecule has 22 heavy (non-hydrogen) atoms. The van der Waals surface area contributed by atoms with Crippen molar-refractivity contribution in [2.75, 3.05) is 0 Å². The number of rotatable bonds is 3. The lowest BCUT2D eigenvalue weighted by atomic mass is 9.88. The molecule has 0 unspecified atom stereocenters. The minimum atomic E-state index is -4.47. The van der Waals surface area contributed by atoms with Gasteiger partial charge in [-0.05, 0) is 42.0 Å². The molecule has 0 aliphatic carbocycles. The van der Waals surface area contributed by atoms with E-state index in [1.54, 1.807) is 36.7 Å². The Balaban J connectivity index is 2.26. The van der Waals surface area contributed by atoms with E-state index in [0.29, 0.717) is 11.4 Å². The van der Waals surface area contributed by atoms with E-state index in [1.807, 2.05) is 0 Å². The summed E-state index contributed by atoms with van der Waals surface area (Å²) < 4.78 is 40.2. The van der Waals surface area contributed by atoms with Gasteiger partial charge in [-0.1, -0.05) is 17.7 Å². The Morgan fingerprint density at radius 1 is 0.864 bits per heavy atom. The maximum atomic E-state index is 13.4. The number of benzene rings is 1. The number of nitrogens with one attached hydrogen (secondary N) is 2. The predicted molar refractivity (Wildman–Crippen MR) is 79.0 cm³/mol. The zero-order valence-electron chi connectivity index (χ0n) is 11.3. The van der Waals surface area contributed by atoms with Crippen molar-refractivity contribution >= 4 is 11.6 Å². The first-order valence-electron chi connectivity index (χ1n) is 6.60. The number of halogens is 4. The Kier molecular flexibility index (Phi) is 3.74. The first-order valence-corrected chi connectivity index (χ1v) is 6.98. The van der Waals surface area contributed by atoms with E-state index in [2.05, 4.69) is 9.97 Å². The van der Waals surface area contributed by atoms with Crippen LogP contribution in [0.1, 0.15) is 28.4 Å². The molecule has 3 rings (SSSR count). The van der Waals surface area contributed by atoms with Gasteiger partial charge in [-0.2, -0.15) is 13.2 Å². The quantitative estimate of drug-likeness (QED) is 0.664. The van der Waals surface area contributed by atoms with Gasteiger partial charge in [-0.15, -0.1) is 0 Å². The number of aromatic nitrogens is 2. The van der Waals surface area contributed by atoms with Crippen LogP contribution in [0.25, 0.3) is 0 Å². The highest BCUT2D eigenvalue weighted by Gasteiger charge is 2.37. The summed E-state index contributed by atoms with van der Waals surface area (Å²) in [5.41, 5.74) is 0.595. The Labute approximate surface area is 129 Å². The lowest BCUT2D eigenvalue weighted by Gasteiger charge is -2.22. The summed E-state index contributed by atoms with van der Waals surface area (Å²) >= 11 is 6.14. The Hall–Kier alpha value is -2.14. The molecule has 0 aliphatic heterocycles. The van der Waals surface area contributed by atoms with E-state index < -0.39 is 17.7 Å². The highest BCUT2D eigenvalue weighted by molar-refractivity contribution is 6.31. The summed E-state index contributed by atoms with van der Waals surface area (Å²) in [6.07, 6.45) is -1.12. The van der Waals surface area contributed by atoms with Crippen LogP contribution >= 0.6 is 11.6 Å². The van der Waals surface area contributed by atoms with E-state index >= 15 is 0 Å². The van der Waals surface area contributed by atoms with Crippen molar-refractivity contribution in [3.8, 4) is 0 Å². The molecule has 3 aromatic rings. The molecule has 0 amide bonds. The number of H-pyrrole nitrogens is 2. The fourth-order valence-corrected chi connectivity index (χ4v) is 2.89. The molecule has 0 spiro atoms. The monoisotopic (exact) mass is 324 g/mol. The van der Waals surface area contributed by atoms with Gasteiger partial charge in [0.2, 0.25) is 0 Å². The summed E-state index contributed by atoms with van der Waals surface area (Å²) in [5.74, 6) is -0.643. The maximum absolute atomic E-state index is 13.4. The molecule has 114 valence electrons. The van der Waals surface area contributed by atoms with E-state index in [-0.39, 0.29) is 10.6 Å². The highest BCUT2D eigenvalue weighted by Crippen LogP contribution is 2.42. The van der Waals surface area contributed by atoms with Crippen molar-refractivity contribution in [1.29, 1.82) is 0 Å². The molecule has 2 N–H and O–H groups in total. The third-order valence-electron chi connectivity index (χ3n) is 3.51. The second-order valence-electron chi connectivity index (χ2n) is 4.88. The molecule has 0 aliphatic rings. The van der Waals surface area contributed by atoms with Gasteiger partial charge in [0.1, 0.15) is 0 Å². The molecule has 2 aromatic heterocycles. The molecular weight excluding hydrogens is 313 g/mol. The minimum Gasteiger partial charge on any atom is -0.364 e. The van der Waals surface area contributed by atoms with E-state index in [0.717, 1.165) is 6.07 Å². The van der Waals surface area contributed by atoms with Gasteiger partial charge in [-0.25, -0.2) is 0 Å². The lowest BCUT2D eigenvalue weighted by molar-refractivity contribution is -0.138. The summed E-state index contributed by atoms with van der Waals surface area (Å²) in [4.78, 5) is 5.97. The van der Waals surface area contributed by atoms with Crippen LogP contribution in [-0.4, -0.2) is 9.97 Å². The molecule has 2 nitrogen and oxygen atoms in total. The lowest BCUT2D eigenvalue weighted by Crippen LogP contribution is -2.15. The van der Waals surface area contributed by atoms with Crippen molar-refractivity contribution in [2.45, 2.75) is 12.1 Å². The van der Waals surface area contributed by atoms with Crippen molar-refractivity contribution in [3.05, 3.63) is 82.4 Å². The minimum absolute atomic E-state index is 0.0431. The Bertz CT molecular complexity index is 712. The average molecular weight is 325 g/mol. The van der Waals surface area contributed by atoms with Crippen molar-refractivity contribution in [1.82, 2.24) is 9.97 Å². The Morgan fingerprint density at radius 2 is 1.45 bits per heavy atom. The third-order valence-corrected chi connectivity index (χ3v) is 3.84. The largest absolute Gasteiger partial charge is 0.416 e. The van der Waals surface area contributed by atoms with Gasteiger partial charge < -0.3 is 9.97 Å². The standard InChI is InChI=1S/C16H12ClF3N2/c17-11-5-1-4-10(16(18,19)20)14(11)15(12-6-2-8-21-12)13-7-3-9-22-13/h1-9,15,21-22H. The van der Waals surface area contributed by atoms with E-state index in [4.69, 9.17) is 11.6 Å². The molecule has 0 saturated carbocycles. The van der Waals surface area contributed by atoms with E-state index in [1.165, 1.54) is 12.1 Å². The van der Waals surface area contributed by atoms with Crippen molar-refractivity contribution in [2.24, 2.45) is 0 Å². The molecule has 0 atom stereocenters. The second-order valence-corrected chi connectivity index (χ2v) is 5.29. The predicted octanol–water partition coefficient (Wildman–Crippen LogP) is 5.20. The molecule has 0 radical (unpaired) electrons. The summed E-state index contributed by atoms with van der Waals surface area (Å²) in [5, 5.41) is 0.0871. The zero-order chi connectivity index (χ0) is 15.7. The van der Waals surface area contributed by atoms with Crippen molar-refractivity contribution in [3.63, 3.8) is 0 Å². The van der Waals surface area contributed by atoms with Crippen molar-refractivity contribution < 1.29 is 13.2 Å². The topological polar surface area (TPSA) is 31.6 Å². The number of alkyl halides is 3. The van der Waals surface area contributed by atoms with Gasteiger partial charge in [0, 0.05) is 28.8 Å². The van der Waals surface area contributed by atoms with Gasteiger partial charge >= 0.3 is 6.18 Å². The highest BCUT2D eigenvalue weighted by atomic mass is 35.5. The first-order chi connectivity index (χ1) is 10.5. The first kappa shape index (κ1) is 14.8. The number of hydrogen-bond acceptors (Lipinski definition) is 0. The molecule has 2 heterocycles. The SMILES string of the molecule is FC(F)(F)c1cccc(Cl)c1C(c1ccc[nH]1)c1ccc[nH]1. The summed E-state index contributed by atoms with van der Waals surface area (Å²) in [6, 6.07) is 10.8. The van der Waals surface area contributed by atoms with Crippen LogP contribution in [0.5, 0.6) is 0 Å². The molecule has 0 saturated heterocycles. The van der Waals surface area contributed by atoms with Crippen LogP contribution in [0.15, 0.2) is 54.9 Å². The average Bonchev–Trinajstić information content (AvgIpc) is 3.13. The summed E-state index contributed by atoms with van der Waals surface area (Å²) in [6.45, 7) is 0. The smallest absolute Gasteiger partial charge is 0.364 e. The van der Waals surface area contributed by atoms with Gasteiger partial charge in [0.25, 0.3) is 0 Å². The van der Waals surface area contributed by atoms with Crippen LogP contribution in [0, 0.1) is 0 Å².